The van der Waals surface area contributed by atoms with Crippen molar-refractivity contribution in [1.82, 2.24) is 9.38 Å². The van der Waals surface area contributed by atoms with Crippen LogP contribution in [0.5, 0.6) is 11.5 Å². The fourth-order valence-electron chi connectivity index (χ4n) is 4.63. The van der Waals surface area contributed by atoms with Gasteiger partial charge in [0.25, 0.3) is 0 Å². The third-order valence-corrected chi connectivity index (χ3v) is 6.48. The van der Waals surface area contributed by atoms with E-state index in [1.54, 1.807) is 19.2 Å². The first-order chi connectivity index (χ1) is 16.6. The predicted octanol–water partition coefficient (Wildman–Crippen LogP) is 6.28. The van der Waals surface area contributed by atoms with Gasteiger partial charge in [0.1, 0.15) is 17.2 Å². The van der Waals surface area contributed by atoms with Crippen LogP contribution in [0, 0.1) is 6.92 Å². The van der Waals surface area contributed by atoms with Crippen LogP contribution in [0.3, 0.4) is 0 Å². The van der Waals surface area contributed by atoms with Gasteiger partial charge in [-0.05, 0) is 61.7 Å². The number of fused-ring (bicyclic) bond motifs is 1. The summed E-state index contributed by atoms with van der Waals surface area (Å²) >= 11 is 0. The molecule has 1 aliphatic rings. The zero-order valence-corrected chi connectivity index (χ0v) is 19.6. The number of hydrogen-bond donors (Lipinski definition) is 1. The molecule has 0 amide bonds. The van der Waals surface area contributed by atoms with Crippen molar-refractivity contribution in [2.24, 2.45) is 0 Å². The molecule has 0 saturated heterocycles. The fourth-order valence-corrected chi connectivity index (χ4v) is 4.63. The molecule has 2 aromatic carbocycles. The number of rotatable bonds is 6. The lowest BCUT2D eigenvalue weighted by Crippen LogP contribution is -2.23. The summed E-state index contributed by atoms with van der Waals surface area (Å²) in [7, 11) is 1.58. The Bertz CT molecular complexity index is 1320. The number of imidazole rings is 1. The van der Waals surface area contributed by atoms with Crippen molar-refractivity contribution in [1.29, 1.82) is 0 Å². The van der Waals surface area contributed by atoms with Gasteiger partial charge in [0.05, 0.1) is 12.7 Å². The highest BCUT2D eigenvalue weighted by Crippen LogP contribution is 2.37. The lowest BCUT2D eigenvalue weighted by atomic mass is 9.95. The zero-order chi connectivity index (χ0) is 23.5. The van der Waals surface area contributed by atoms with Crippen LogP contribution in [0.25, 0.3) is 16.9 Å². The van der Waals surface area contributed by atoms with Gasteiger partial charge >= 0.3 is 5.97 Å². The van der Waals surface area contributed by atoms with Gasteiger partial charge < -0.3 is 14.8 Å². The number of esters is 1. The summed E-state index contributed by atoms with van der Waals surface area (Å²) in [5.41, 5.74) is 4.03. The molecule has 0 atom stereocenters. The average Bonchev–Trinajstić information content (AvgIpc) is 3.23. The summed E-state index contributed by atoms with van der Waals surface area (Å²) in [5.74, 6) is 1.44. The molecule has 1 N–H and O–H groups in total. The second-order valence-electron chi connectivity index (χ2n) is 8.79. The Labute approximate surface area is 199 Å². The summed E-state index contributed by atoms with van der Waals surface area (Å²) in [6.07, 6.45) is 8.16. The molecule has 2 aromatic heterocycles. The number of nitrogens with one attached hydrogen (secondary N) is 1. The van der Waals surface area contributed by atoms with Gasteiger partial charge in [-0.1, -0.05) is 43.5 Å². The van der Waals surface area contributed by atoms with E-state index in [1.807, 2.05) is 61.7 Å². The smallest absolute Gasteiger partial charge is 0.343 e. The average molecular weight is 456 g/mol. The van der Waals surface area contributed by atoms with Crippen LogP contribution in [-0.4, -0.2) is 28.5 Å². The van der Waals surface area contributed by atoms with E-state index in [0.29, 0.717) is 23.1 Å². The van der Waals surface area contributed by atoms with Crippen LogP contribution in [0.15, 0.2) is 66.9 Å². The van der Waals surface area contributed by atoms with Gasteiger partial charge in [-0.3, -0.25) is 4.40 Å². The molecule has 0 spiro atoms. The van der Waals surface area contributed by atoms with Gasteiger partial charge in [-0.2, -0.15) is 0 Å². The Kier molecular flexibility index (Phi) is 6.21. The van der Waals surface area contributed by atoms with Crippen LogP contribution < -0.4 is 14.8 Å². The summed E-state index contributed by atoms with van der Waals surface area (Å²) in [4.78, 5) is 17.7. The highest BCUT2D eigenvalue weighted by atomic mass is 16.6. The molecule has 6 heteroatoms. The van der Waals surface area contributed by atoms with E-state index in [2.05, 4.69) is 9.72 Å². The predicted molar refractivity (Wildman–Crippen MR) is 134 cm³/mol. The highest BCUT2D eigenvalue weighted by molar-refractivity contribution is 5.93. The Morgan fingerprint density at radius 3 is 2.59 bits per heavy atom. The molecular formula is C28H29N3O3. The topological polar surface area (TPSA) is 64.9 Å². The number of aromatic nitrogens is 2. The van der Waals surface area contributed by atoms with E-state index in [1.165, 1.54) is 19.3 Å². The number of anilines is 1. The largest absolute Gasteiger partial charge is 0.493 e. The van der Waals surface area contributed by atoms with Crippen LogP contribution in [-0.2, 0) is 0 Å². The van der Waals surface area contributed by atoms with Crippen molar-refractivity contribution in [3.05, 3.63) is 78.0 Å². The number of methoxy groups -OCH3 is 1. The molecule has 1 aliphatic carbocycles. The zero-order valence-electron chi connectivity index (χ0n) is 19.6. The van der Waals surface area contributed by atoms with Crippen molar-refractivity contribution < 1.29 is 14.3 Å². The highest BCUT2D eigenvalue weighted by Gasteiger charge is 2.21. The number of pyridine rings is 1. The van der Waals surface area contributed by atoms with Crippen molar-refractivity contribution >= 4 is 17.4 Å². The molecule has 0 bridgehead atoms. The first-order valence-corrected chi connectivity index (χ1v) is 11.8. The maximum absolute atomic E-state index is 12.7. The number of aryl methyl sites for hydroxylation is 1. The number of ether oxygens (including phenoxy) is 2. The molecule has 4 aromatic rings. The van der Waals surface area contributed by atoms with E-state index >= 15 is 0 Å². The number of nitrogens with zero attached hydrogens (tertiary/aromatic N) is 2. The van der Waals surface area contributed by atoms with E-state index < -0.39 is 5.97 Å². The minimum absolute atomic E-state index is 0.380. The first-order valence-electron chi connectivity index (χ1n) is 11.8. The SMILES string of the molecule is COc1cc(-c2nc3ccccn3c2NC2CCCCC2)ccc1OC(=O)c1ccccc1C. The maximum atomic E-state index is 12.7. The van der Waals surface area contributed by atoms with Gasteiger partial charge in [0.2, 0.25) is 0 Å². The van der Waals surface area contributed by atoms with Gasteiger partial charge in [-0.15, -0.1) is 0 Å². The normalized spacial score (nSPS) is 14.2. The van der Waals surface area contributed by atoms with Crippen LogP contribution in [0.4, 0.5) is 5.82 Å². The maximum Gasteiger partial charge on any atom is 0.343 e. The molecule has 0 unspecified atom stereocenters. The molecule has 174 valence electrons. The fraction of sp³-hybridized carbons (Fsp3) is 0.286. The summed E-state index contributed by atoms with van der Waals surface area (Å²) in [6, 6.07) is 19.4. The Morgan fingerprint density at radius 2 is 1.79 bits per heavy atom. The summed E-state index contributed by atoms with van der Waals surface area (Å²) in [6.45, 7) is 1.89. The van der Waals surface area contributed by atoms with Gasteiger partial charge in [0.15, 0.2) is 11.5 Å². The summed E-state index contributed by atoms with van der Waals surface area (Å²) in [5, 5.41) is 3.76. The van der Waals surface area contributed by atoms with Crippen LogP contribution >= 0.6 is 0 Å². The van der Waals surface area contributed by atoms with E-state index in [-0.39, 0.29) is 0 Å². The second-order valence-corrected chi connectivity index (χ2v) is 8.79. The molecule has 2 heterocycles. The van der Waals surface area contributed by atoms with Crippen molar-refractivity contribution in [3.8, 4) is 22.8 Å². The van der Waals surface area contributed by atoms with E-state index in [0.717, 1.165) is 41.1 Å². The van der Waals surface area contributed by atoms with Crippen LogP contribution in [0.1, 0.15) is 48.0 Å². The summed E-state index contributed by atoms with van der Waals surface area (Å²) < 4.78 is 13.4. The van der Waals surface area contributed by atoms with Crippen molar-refractivity contribution in [2.75, 3.05) is 12.4 Å². The number of benzene rings is 2. The molecule has 1 saturated carbocycles. The third kappa shape index (κ3) is 4.36. The minimum atomic E-state index is -0.406. The Morgan fingerprint density at radius 1 is 1.00 bits per heavy atom. The van der Waals surface area contributed by atoms with E-state index in [9.17, 15) is 4.79 Å². The monoisotopic (exact) mass is 455 g/mol. The second kappa shape index (κ2) is 9.59. The third-order valence-electron chi connectivity index (χ3n) is 6.48. The minimum Gasteiger partial charge on any atom is -0.493 e. The lowest BCUT2D eigenvalue weighted by molar-refractivity contribution is 0.0729. The Hall–Kier alpha value is -3.80. The van der Waals surface area contributed by atoms with E-state index in [4.69, 9.17) is 14.5 Å². The van der Waals surface area contributed by atoms with Crippen LogP contribution in [0.2, 0.25) is 0 Å². The van der Waals surface area contributed by atoms with Gasteiger partial charge in [0, 0.05) is 17.8 Å². The molecule has 5 rings (SSSR count). The quantitative estimate of drug-likeness (QED) is 0.274. The Balaban J connectivity index is 1.49. The number of carbonyl (C=O) groups excluding carboxylic acids is 1. The number of carbonyl (C=O) groups is 1. The number of hydrogen-bond acceptors (Lipinski definition) is 5. The molecule has 1 fully saturated rings. The van der Waals surface area contributed by atoms with Gasteiger partial charge in [-0.25, -0.2) is 9.78 Å². The molecule has 0 aliphatic heterocycles. The molecule has 6 nitrogen and oxygen atoms in total. The molecular weight excluding hydrogens is 426 g/mol. The lowest BCUT2D eigenvalue weighted by Gasteiger charge is -2.24. The first kappa shape index (κ1) is 22.0. The molecule has 34 heavy (non-hydrogen) atoms. The standard InChI is InChI=1S/C28H29N3O3/c1-19-10-6-7-13-22(19)28(32)34-23-16-15-20(18-24(23)33-2)26-27(29-21-11-4-3-5-12-21)31-17-9-8-14-25(31)30-26/h6-10,13-18,21,29H,3-5,11-12H2,1-2H3. The molecule has 0 radical (unpaired) electrons. The van der Waals surface area contributed by atoms with Crippen molar-refractivity contribution in [3.63, 3.8) is 0 Å². The van der Waals surface area contributed by atoms with Crippen molar-refractivity contribution in [2.45, 2.75) is 45.1 Å².